The van der Waals surface area contributed by atoms with E-state index < -0.39 is 11.1 Å². The highest BCUT2D eigenvalue weighted by Gasteiger charge is 2.67. The molecule has 2 aromatic rings. The quantitative estimate of drug-likeness (QED) is 0.894. The van der Waals surface area contributed by atoms with E-state index in [1.54, 1.807) is 7.05 Å². The summed E-state index contributed by atoms with van der Waals surface area (Å²) < 4.78 is 0. The molecule has 1 amide bonds. The summed E-state index contributed by atoms with van der Waals surface area (Å²) in [6.45, 7) is 0.572. The second kappa shape index (κ2) is 5.23. The molecule has 2 aromatic carbocycles. The monoisotopic (exact) mass is 295 g/mol. The molecule has 0 spiro atoms. The standard InChI is InChI=1S/C18H21N3O/c1-20-17(16(19)22)13-21(2)18(17,14-9-5-3-6-10-14)15-11-7-4-8-12-15/h3-12,20H,13H2,1-2H3,(H2,19,22). The zero-order chi connectivity index (χ0) is 15.8. The van der Waals surface area contributed by atoms with Crippen LogP contribution in [0.4, 0.5) is 0 Å². The number of hydrogen-bond donors (Lipinski definition) is 2. The molecule has 0 saturated carbocycles. The second-order valence-corrected chi connectivity index (χ2v) is 5.82. The third-order valence-electron chi connectivity index (χ3n) is 4.90. The van der Waals surface area contributed by atoms with Gasteiger partial charge >= 0.3 is 0 Å². The average molecular weight is 295 g/mol. The van der Waals surface area contributed by atoms with Gasteiger partial charge in [0.25, 0.3) is 0 Å². The van der Waals surface area contributed by atoms with Crippen molar-refractivity contribution < 1.29 is 4.79 Å². The highest BCUT2D eigenvalue weighted by atomic mass is 16.2. The largest absolute Gasteiger partial charge is 0.368 e. The summed E-state index contributed by atoms with van der Waals surface area (Å²) >= 11 is 0. The van der Waals surface area contributed by atoms with Crippen molar-refractivity contribution >= 4 is 5.91 Å². The molecule has 1 aliphatic heterocycles. The molecule has 0 aliphatic carbocycles. The second-order valence-electron chi connectivity index (χ2n) is 5.82. The Balaban J connectivity index is 2.31. The molecule has 3 N–H and O–H groups in total. The van der Waals surface area contributed by atoms with Crippen molar-refractivity contribution in [2.75, 3.05) is 20.6 Å². The number of carbonyl (C=O) groups excluding carboxylic acids is 1. The van der Waals surface area contributed by atoms with E-state index in [4.69, 9.17) is 5.73 Å². The van der Waals surface area contributed by atoms with Crippen molar-refractivity contribution in [1.29, 1.82) is 0 Å². The number of primary amides is 1. The molecule has 1 fully saturated rings. The minimum absolute atomic E-state index is 0.333. The van der Waals surface area contributed by atoms with Gasteiger partial charge in [0.1, 0.15) is 11.1 Å². The van der Waals surface area contributed by atoms with Gasteiger partial charge in [-0.2, -0.15) is 0 Å². The van der Waals surface area contributed by atoms with Crippen molar-refractivity contribution in [1.82, 2.24) is 10.2 Å². The smallest absolute Gasteiger partial charge is 0.241 e. The van der Waals surface area contributed by atoms with Crippen molar-refractivity contribution in [3.8, 4) is 0 Å². The predicted octanol–water partition coefficient (Wildman–Crippen LogP) is 1.32. The first-order valence-electron chi connectivity index (χ1n) is 7.40. The number of nitrogens with two attached hydrogens (primary N) is 1. The van der Waals surface area contributed by atoms with Crippen LogP contribution in [-0.2, 0) is 10.3 Å². The molecule has 1 heterocycles. The molecule has 1 aliphatic rings. The molecular formula is C18H21N3O. The minimum atomic E-state index is -0.829. The average Bonchev–Trinajstić information content (AvgIpc) is 2.54. The van der Waals surface area contributed by atoms with E-state index in [9.17, 15) is 4.79 Å². The molecular weight excluding hydrogens is 274 g/mol. The Kier molecular flexibility index (Phi) is 3.51. The Hall–Kier alpha value is -2.17. The van der Waals surface area contributed by atoms with Crippen LogP contribution in [0.25, 0.3) is 0 Å². The van der Waals surface area contributed by atoms with Gasteiger partial charge in [-0.1, -0.05) is 60.7 Å². The molecule has 114 valence electrons. The number of nitrogens with one attached hydrogen (secondary N) is 1. The highest BCUT2D eigenvalue weighted by Crippen LogP contribution is 2.51. The molecule has 0 aromatic heterocycles. The Morgan fingerprint density at radius 1 is 1.05 bits per heavy atom. The number of benzene rings is 2. The van der Waals surface area contributed by atoms with E-state index in [1.807, 2.05) is 43.4 Å². The summed E-state index contributed by atoms with van der Waals surface area (Å²) in [6.07, 6.45) is 0. The van der Waals surface area contributed by atoms with Gasteiger partial charge in [0.05, 0.1) is 0 Å². The van der Waals surface area contributed by atoms with Crippen LogP contribution in [0.3, 0.4) is 0 Å². The van der Waals surface area contributed by atoms with Gasteiger partial charge in [-0.05, 0) is 25.2 Å². The third kappa shape index (κ3) is 1.68. The fourth-order valence-electron chi connectivity index (χ4n) is 3.92. The van der Waals surface area contributed by atoms with Gasteiger partial charge in [0.2, 0.25) is 5.91 Å². The molecule has 4 nitrogen and oxygen atoms in total. The summed E-state index contributed by atoms with van der Waals surface area (Å²) in [5.41, 5.74) is 6.51. The number of rotatable bonds is 4. The van der Waals surface area contributed by atoms with Gasteiger partial charge in [-0.15, -0.1) is 0 Å². The summed E-state index contributed by atoms with van der Waals surface area (Å²) in [5, 5.41) is 3.22. The van der Waals surface area contributed by atoms with Crippen LogP contribution in [0.5, 0.6) is 0 Å². The third-order valence-corrected chi connectivity index (χ3v) is 4.90. The first-order chi connectivity index (χ1) is 10.6. The number of nitrogens with zero attached hydrogens (tertiary/aromatic N) is 1. The molecule has 1 atom stereocenters. The Bertz CT molecular complexity index is 632. The Morgan fingerprint density at radius 3 is 1.82 bits per heavy atom. The molecule has 3 rings (SSSR count). The lowest BCUT2D eigenvalue weighted by Crippen LogP contribution is -2.84. The van der Waals surface area contributed by atoms with Gasteiger partial charge in [0.15, 0.2) is 0 Å². The number of carbonyl (C=O) groups is 1. The fraction of sp³-hybridized carbons (Fsp3) is 0.278. The molecule has 1 unspecified atom stereocenters. The first-order valence-corrected chi connectivity index (χ1v) is 7.40. The van der Waals surface area contributed by atoms with Gasteiger partial charge in [0, 0.05) is 6.54 Å². The maximum Gasteiger partial charge on any atom is 0.241 e. The lowest BCUT2D eigenvalue weighted by atomic mass is 9.60. The van der Waals surface area contributed by atoms with Crippen LogP contribution in [0.1, 0.15) is 11.1 Å². The summed E-state index contributed by atoms with van der Waals surface area (Å²) in [4.78, 5) is 14.6. The van der Waals surface area contributed by atoms with Crippen molar-refractivity contribution in [3.63, 3.8) is 0 Å². The van der Waals surface area contributed by atoms with E-state index in [0.29, 0.717) is 6.54 Å². The van der Waals surface area contributed by atoms with Crippen LogP contribution in [0, 0.1) is 0 Å². The molecule has 4 heteroatoms. The molecule has 0 bridgehead atoms. The van der Waals surface area contributed by atoms with Crippen LogP contribution in [0.15, 0.2) is 60.7 Å². The molecule has 0 radical (unpaired) electrons. The fourth-order valence-corrected chi connectivity index (χ4v) is 3.92. The summed E-state index contributed by atoms with van der Waals surface area (Å²) in [7, 11) is 3.83. The maximum absolute atomic E-state index is 12.4. The van der Waals surface area contributed by atoms with Crippen molar-refractivity contribution in [2.24, 2.45) is 5.73 Å². The number of likely N-dealkylation sites (N-methyl/N-ethyl adjacent to an activating group) is 2. The predicted molar refractivity (Wildman–Crippen MR) is 87.3 cm³/mol. The minimum Gasteiger partial charge on any atom is -0.368 e. The molecule has 1 saturated heterocycles. The van der Waals surface area contributed by atoms with E-state index >= 15 is 0 Å². The van der Waals surface area contributed by atoms with E-state index in [1.165, 1.54) is 0 Å². The SMILES string of the molecule is CNC1(C(N)=O)CN(C)C1(c1ccccc1)c1ccccc1. The van der Waals surface area contributed by atoms with Crippen LogP contribution < -0.4 is 11.1 Å². The Labute approximate surface area is 130 Å². The topological polar surface area (TPSA) is 58.4 Å². The summed E-state index contributed by atoms with van der Waals surface area (Å²) in [5.74, 6) is -0.333. The van der Waals surface area contributed by atoms with Crippen molar-refractivity contribution in [3.05, 3.63) is 71.8 Å². The first kappa shape index (κ1) is 14.8. The van der Waals surface area contributed by atoms with Gasteiger partial charge in [-0.3, -0.25) is 9.69 Å². The zero-order valence-electron chi connectivity index (χ0n) is 12.9. The lowest BCUT2D eigenvalue weighted by Gasteiger charge is -2.64. The number of likely N-dealkylation sites (tertiary alicyclic amines) is 1. The lowest BCUT2D eigenvalue weighted by molar-refractivity contribution is -0.147. The van der Waals surface area contributed by atoms with Crippen LogP contribution >= 0.6 is 0 Å². The van der Waals surface area contributed by atoms with Gasteiger partial charge in [-0.25, -0.2) is 0 Å². The Morgan fingerprint density at radius 2 is 1.50 bits per heavy atom. The van der Waals surface area contributed by atoms with E-state index in [2.05, 4.69) is 34.5 Å². The van der Waals surface area contributed by atoms with Crippen LogP contribution in [0.2, 0.25) is 0 Å². The zero-order valence-corrected chi connectivity index (χ0v) is 12.9. The van der Waals surface area contributed by atoms with E-state index in [0.717, 1.165) is 11.1 Å². The van der Waals surface area contributed by atoms with Crippen LogP contribution in [-0.4, -0.2) is 37.0 Å². The normalized spacial score (nSPS) is 23.7. The number of amides is 1. The highest BCUT2D eigenvalue weighted by molar-refractivity contribution is 5.90. The number of hydrogen-bond acceptors (Lipinski definition) is 3. The van der Waals surface area contributed by atoms with Gasteiger partial charge < -0.3 is 11.1 Å². The maximum atomic E-state index is 12.4. The van der Waals surface area contributed by atoms with Crippen molar-refractivity contribution in [2.45, 2.75) is 11.1 Å². The molecule has 22 heavy (non-hydrogen) atoms. The summed E-state index contributed by atoms with van der Waals surface area (Å²) in [6, 6.07) is 20.1. The van der Waals surface area contributed by atoms with E-state index in [-0.39, 0.29) is 5.91 Å².